The highest BCUT2D eigenvalue weighted by Crippen LogP contribution is 2.59. The van der Waals surface area contributed by atoms with Gasteiger partial charge in [0.1, 0.15) is 0 Å². The Kier molecular flexibility index (Phi) is 1.24. The van der Waals surface area contributed by atoms with Gasteiger partial charge in [0.05, 0.1) is 6.10 Å². The molecule has 1 aliphatic carbocycles. The lowest BCUT2D eigenvalue weighted by Gasteiger charge is -1.95. The summed E-state index contributed by atoms with van der Waals surface area (Å²) in [6.45, 7) is 0. The van der Waals surface area contributed by atoms with Crippen LogP contribution in [0, 0.1) is 5.92 Å². The van der Waals surface area contributed by atoms with Gasteiger partial charge in [-0.15, -0.1) is 0 Å². The van der Waals surface area contributed by atoms with Gasteiger partial charge >= 0.3 is 7.60 Å². The second-order valence-electron chi connectivity index (χ2n) is 2.92. The molecule has 0 aromatic carbocycles. The zero-order valence-corrected chi connectivity index (χ0v) is 6.20. The predicted octanol–water partition coefficient (Wildman–Crippen LogP) is 0.299. The molecular formula is C5H9O4P. The summed E-state index contributed by atoms with van der Waals surface area (Å²) in [5.41, 5.74) is 0. The summed E-state index contributed by atoms with van der Waals surface area (Å²) in [6.07, 6.45) is 2.02. The lowest BCUT2D eigenvalue weighted by Crippen LogP contribution is -1.96. The van der Waals surface area contributed by atoms with Crippen molar-refractivity contribution in [3.63, 3.8) is 0 Å². The second kappa shape index (κ2) is 1.83. The Morgan fingerprint density at radius 2 is 2.00 bits per heavy atom. The van der Waals surface area contributed by atoms with Gasteiger partial charge in [-0.2, -0.15) is 0 Å². The van der Waals surface area contributed by atoms with E-state index in [0.717, 1.165) is 12.8 Å². The van der Waals surface area contributed by atoms with Gasteiger partial charge in [0.15, 0.2) is 5.85 Å². The van der Waals surface area contributed by atoms with Gasteiger partial charge in [-0.3, -0.25) is 4.57 Å². The number of rotatable bonds is 2. The first kappa shape index (κ1) is 6.80. The molecule has 2 N–H and O–H groups in total. The fraction of sp³-hybridized carbons (Fsp3) is 1.00. The average molecular weight is 164 g/mol. The Balaban J connectivity index is 1.94. The van der Waals surface area contributed by atoms with Crippen molar-refractivity contribution in [2.45, 2.75) is 24.8 Å². The normalized spacial score (nSPS) is 39.8. The van der Waals surface area contributed by atoms with Crippen LogP contribution in [0.4, 0.5) is 0 Å². The van der Waals surface area contributed by atoms with Crippen LogP contribution in [0.1, 0.15) is 12.8 Å². The molecule has 0 radical (unpaired) electrons. The van der Waals surface area contributed by atoms with Crippen molar-refractivity contribution in [2.24, 2.45) is 5.92 Å². The summed E-state index contributed by atoms with van der Waals surface area (Å²) >= 11 is 0. The molecule has 5 heteroatoms. The highest BCUT2D eigenvalue weighted by Gasteiger charge is 2.57. The van der Waals surface area contributed by atoms with E-state index in [9.17, 15) is 4.57 Å². The third-order valence-corrected chi connectivity index (χ3v) is 3.00. The van der Waals surface area contributed by atoms with Gasteiger partial charge in [0.25, 0.3) is 0 Å². The molecule has 58 valence electrons. The summed E-state index contributed by atoms with van der Waals surface area (Å²) in [5, 5.41) is 0. The molecule has 0 amide bonds. The lowest BCUT2D eigenvalue weighted by atomic mass is 10.3. The van der Waals surface area contributed by atoms with Gasteiger partial charge < -0.3 is 14.5 Å². The van der Waals surface area contributed by atoms with Crippen molar-refractivity contribution in [1.82, 2.24) is 0 Å². The van der Waals surface area contributed by atoms with E-state index in [2.05, 4.69) is 0 Å². The number of ether oxygens (including phenoxy) is 1. The molecule has 1 aliphatic heterocycles. The van der Waals surface area contributed by atoms with E-state index in [1.807, 2.05) is 0 Å². The van der Waals surface area contributed by atoms with Crippen LogP contribution in [0.3, 0.4) is 0 Å². The van der Waals surface area contributed by atoms with Crippen LogP contribution in [0.15, 0.2) is 0 Å². The van der Waals surface area contributed by atoms with Crippen LogP contribution >= 0.6 is 7.60 Å². The van der Waals surface area contributed by atoms with Crippen molar-refractivity contribution in [3.8, 4) is 0 Å². The molecule has 0 bridgehead atoms. The first-order chi connectivity index (χ1) is 4.59. The zero-order chi connectivity index (χ0) is 7.35. The van der Waals surface area contributed by atoms with E-state index in [-0.39, 0.29) is 6.10 Å². The van der Waals surface area contributed by atoms with E-state index in [4.69, 9.17) is 14.5 Å². The molecule has 2 atom stereocenters. The van der Waals surface area contributed by atoms with Gasteiger partial charge in [-0.05, 0) is 18.8 Å². The molecular weight excluding hydrogens is 155 g/mol. The van der Waals surface area contributed by atoms with Crippen molar-refractivity contribution < 1.29 is 19.1 Å². The van der Waals surface area contributed by atoms with Crippen molar-refractivity contribution in [1.29, 1.82) is 0 Å². The highest BCUT2D eigenvalue weighted by atomic mass is 31.2. The Morgan fingerprint density at radius 1 is 1.40 bits per heavy atom. The van der Waals surface area contributed by atoms with Crippen LogP contribution in [-0.2, 0) is 9.30 Å². The van der Waals surface area contributed by atoms with Gasteiger partial charge in [0.2, 0.25) is 0 Å². The highest BCUT2D eigenvalue weighted by molar-refractivity contribution is 7.52. The molecule has 0 aromatic rings. The largest absolute Gasteiger partial charge is 0.356 e. The zero-order valence-electron chi connectivity index (χ0n) is 5.30. The Morgan fingerprint density at radius 3 is 2.30 bits per heavy atom. The lowest BCUT2D eigenvalue weighted by molar-refractivity contribution is 0.327. The Labute approximate surface area is 58.4 Å². The summed E-state index contributed by atoms with van der Waals surface area (Å²) in [4.78, 5) is 17.2. The summed E-state index contributed by atoms with van der Waals surface area (Å²) in [7, 11) is -3.92. The molecule has 4 nitrogen and oxygen atoms in total. The van der Waals surface area contributed by atoms with Crippen LogP contribution in [0.5, 0.6) is 0 Å². The van der Waals surface area contributed by atoms with Crippen molar-refractivity contribution >= 4 is 7.60 Å². The van der Waals surface area contributed by atoms with Crippen LogP contribution in [0.25, 0.3) is 0 Å². The summed E-state index contributed by atoms with van der Waals surface area (Å²) < 4.78 is 15.3. The van der Waals surface area contributed by atoms with Gasteiger partial charge in [-0.25, -0.2) is 0 Å². The van der Waals surface area contributed by atoms with Crippen molar-refractivity contribution in [3.05, 3.63) is 0 Å². The fourth-order valence-corrected chi connectivity index (χ4v) is 2.08. The molecule has 2 fully saturated rings. The van der Waals surface area contributed by atoms with E-state index in [0.29, 0.717) is 5.92 Å². The molecule has 0 aromatic heterocycles. The molecule has 2 rings (SSSR count). The molecule has 2 aliphatic rings. The van der Waals surface area contributed by atoms with Crippen molar-refractivity contribution in [2.75, 3.05) is 0 Å². The molecule has 1 saturated heterocycles. The minimum atomic E-state index is -3.92. The van der Waals surface area contributed by atoms with E-state index >= 15 is 0 Å². The molecule has 0 spiro atoms. The van der Waals surface area contributed by atoms with E-state index in [1.165, 1.54) is 0 Å². The SMILES string of the molecule is O=P(O)(O)C1OC1C1CC1. The Hall–Kier alpha value is 0.110. The second-order valence-corrected chi connectivity index (χ2v) is 4.60. The first-order valence-electron chi connectivity index (χ1n) is 3.30. The summed E-state index contributed by atoms with van der Waals surface area (Å²) in [6, 6.07) is 0. The van der Waals surface area contributed by atoms with E-state index in [1.54, 1.807) is 0 Å². The molecule has 1 heterocycles. The topological polar surface area (TPSA) is 70.1 Å². The standard InChI is InChI=1S/C5H9O4P/c6-10(7,8)5-4(9-5)3-1-2-3/h3-5H,1-2H2,(H2,6,7,8). The third-order valence-electron chi connectivity index (χ3n) is 1.92. The molecule has 2 unspecified atom stereocenters. The van der Waals surface area contributed by atoms with E-state index < -0.39 is 13.4 Å². The summed E-state index contributed by atoms with van der Waals surface area (Å²) in [5.74, 6) is -0.322. The number of hydrogen-bond acceptors (Lipinski definition) is 2. The van der Waals surface area contributed by atoms with Gasteiger partial charge in [-0.1, -0.05) is 0 Å². The minimum absolute atomic E-state index is 0.124. The van der Waals surface area contributed by atoms with Crippen LogP contribution in [0.2, 0.25) is 0 Å². The maximum Gasteiger partial charge on any atom is 0.356 e. The smallest absolute Gasteiger partial charge is 0.356 e. The minimum Gasteiger partial charge on any atom is -0.356 e. The average Bonchev–Trinajstić information content (AvgIpc) is 2.56. The number of epoxide rings is 1. The molecule has 1 saturated carbocycles. The Bertz CT molecular complexity index is 194. The maximum atomic E-state index is 10.5. The third kappa shape index (κ3) is 1.12. The maximum absolute atomic E-state index is 10.5. The number of hydrogen-bond donors (Lipinski definition) is 2. The monoisotopic (exact) mass is 164 g/mol. The van der Waals surface area contributed by atoms with Crippen LogP contribution < -0.4 is 0 Å². The predicted molar refractivity (Wildman–Crippen MR) is 33.4 cm³/mol. The van der Waals surface area contributed by atoms with Gasteiger partial charge in [0, 0.05) is 0 Å². The first-order valence-corrected chi connectivity index (χ1v) is 4.98. The quantitative estimate of drug-likeness (QED) is 0.454. The van der Waals surface area contributed by atoms with Crippen LogP contribution in [-0.4, -0.2) is 21.7 Å². The fourth-order valence-electron chi connectivity index (χ4n) is 1.16. The molecule has 10 heavy (non-hydrogen) atoms.